The summed E-state index contributed by atoms with van der Waals surface area (Å²) in [5, 5.41) is 3.31. The van der Waals surface area contributed by atoms with Crippen molar-refractivity contribution in [2.24, 2.45) is 0 Å². The van der Waals surface area contributed by atoms with Crippen molar-refractivity contribution in [2.75, 3.05) is 19.5 Å². The first-order valence-electron chi connectivity index (χ1n) is 5.13. The second-order valence-electron chi connectivity index (χ2n) is 3.55. The van der Waals surface area contributed by atoms with E-state index in [1.165, 1.54) is 19.4 Å². The largest absolute Gasteiger partial charge is 0.465 e. The number of fused-ring (bicyclic) bond motifs is 1. The van der Waals surface area contributed by atoms with Crippen LogP contribution in [0.3, 0.4) is 0 Å². The number of nitrogens with one attached hydrogen (secondary N) is 1. The average molecular weight is 269 g/mol. The standard InChI is InChI=1S/C12H10ClFN2O2/c1-15-10-6-3-4-8(13)9(14)11(6)16-5-7(10)12(17)18-2/h3-5H,1-2H3,(H,15,16). The van der Waals surface area contributed by atoms with E-state index in [0.29, 0.717) is 11.1 Å². The average Bonchev–Trinajstić information content (AvgIpc) is 2.40. The number of benzene rings is 1. The summed E-state index contributed by atoms with van der Waals surface area (Å²) in [6.45, 7) is 0. The molecule has 0 spiro atoms. The molecule has 0 unspecified atom stereocenters. The van der Waals surface area contributed by atoms with Crippen molar-refractivity contribution in [2.45, 2.75) is 0 Å². The van der Waals surface area contributed by atoms with Gasteiger partial charge in [-0.15, -0.1) is 0 Å². The van der Waals surface area contributed by atoms with Crippen molar-refractivity contribution in [1.29, 1.82) is 0 Å². The van der Waals surface area contributed by atoms with Gasteiger partial charge in [-0.2, -0.15) is 0 Å². The molecule has 0 aliphatic carbocycles. The Morgan fingerprint density at radius 3 is 2.83 bits per heavy atom. The van der Waals surface area contributed by atoms with Crippen LogP contribution in [-0.4, -0.2) is 25.1 Å². The quantitative estimate of drug-likeness (QED) is 0.851. The smallest absolute Gasteiger partial charge is 0.341 e. The van der Waals surface area contributed by atoms with Crippen LogP contribution in [0.2, 0.25) is 5.02 Å². The predicted octanol–water partition coefficient (Wildman–Crippen LogP) is 2.86. The van der Waals surface area contributed by atoms with Crippen LogP contribution in [0.5, 0.6) is 0 Å². The van der Waals surface area contributed by atoms with Crippen molar-refractivity contribution in [3.8, 4) is 0 Å². The van der Waals surface area contributed by atoms with Crippen molar-refractivity contribution >= 4 is 34.2 Å². The van der Waals surface area contributed by atoms with E-state index in [0.717, 1.165) is 0 Å². The summed E-state index contributed by atoms with van der Waals surface area (Å²) in [5.74, 6) is -1.15. The normalized spacial score (nSPS) is 10.4. The molecule has 94 valence electrons. The first-order chi connectivity index (χ1) is 8.60. The number of methoxy groups -OCH3 is 1. The van der Waals surface area contributed by atoms with Gasteiger partial charge in [-0.1, -0.05) is 11.6 Å². The third kappa shape index (κ3) is 1.86. The molecule has 0 aliphatic heterocycles. The molecule has 0 saturated carbocycles. The number of hydrogen-bond acceptors (Lipinski definition) is 4. The van der Waals surface area contributed by atoms with Crippen molar-refractivity contribution in [3.63, 3.8) is 0 Å². The SMILES string of the molecule is CNc1c(C(=O)OC)cnc2c(F)c(Cl)ccc12. The molecule has 1 heterocycles. The summed E-state index contributed by atoms with van der Waals surface area (Å²) in [4.78, 5) is 15.5. The molecule has 0 fully saturated rings. The molecule has 2 rings (SSSR count). The van der Waals surface area contributed by atoms with E-state index in [-0.39, 0.29) is 16.1 Å². The summed E-state index contributed by atoms with van der Waals surface area (Å²) in [6, 6.07) is 3.02. The molecule has 1 aromatic carbocycles. The lowest BCUT2D eigenvalue weighted by molar-refractivity contribution is 0.0601. The number of pyridine rings is 1. The third-order valence-electron chi connectivity index (χ3n) is 2.59. The van der Waals surface area contributed by atoms with Gasteiger partial charge in [-0.25, -0.2) is 9.18 Å². The molecule has 1 N–H and O–H groups in total. The van der Waals surface area contributed by atoms with Gasteiger partial charge in [0, 0.05) is 18.6 Å². The number of carbonyl (C=O) groups is 1. The highest BCUT2D eigenvalue weighted by Crippen LogP contribution is 2.30. The van der Waals surface area contributed by atoms with E-state index >= 15 is 0 Å². The van der Waals surface area contributed by atoms with Gasteiger partial charge in [0.05, 0.1) is 17.8 Å². The highest BCUT2D eigenvalue weighted by atomic mass is 35.5. The number of aromatic nitrogens is 1. The lowest BCUT2D eigenvalue weighted by Crippen LogP contribution is -2.07. The van der Waals surface area contributed by atoms with Gasteiger partial charge in [0.15, 0.2) is 5.82 Å². The van der Waals surface area contributed by atoms with Gasteiger partial charge in [-0.05, 0) is 12.1 Å². The Morgan fingerprint density at radius 1 is 1.50 bits per heavy atom. The first-order valence-corrected chi connectivity index (χ1v) is 5.50. The lowest BCUT2D eigenvalue weighted by atomic mass is 10.1. The van der Waals surface area contributed by atoms with Gasteiger partial charge < -0.3 is 10.1 Å². The molecule has 4 nitrogen and oxygen atoms in total. The number of halogens is 2. The predicted molar refractivity (Wildman–Crippen MR) is 67.6 cm³/mol. The van der Waals surface area contributed by atoms with Gasteiger partial charge >= 0.3 is 5.97 Å². The Bertz CT molecular complexity index is 631. The molecule has 0 aliphatic rings. The number of anilines is 1. The summed E-state index contributed by atoms with van der Waals surface area (Å²) < 4.78 is 18.4. The molecule has 18 heavy (non-hydrogen) atoms. The number of ether oxygens (including phenoxy) is 1. The maximum Gasteiger partial charge on any atom is 0.341 e. The molecule has 0 saturated heterocycles. The fourth-order valence-corrected chi connectivity index (χ4v) is 1.89. The number of hydrogen-bond donors (Lipinski definition) is 1. The monoisotopic (exact) mass is 268 g/mol. The maximum absolute atomic E-state index is 13.8. The summed E-state index contributed by atoms with van der Waals surface area (Å²) >= 11 is 5.69. The highest BCUT2D eigenvalue weighted by Gasteiger charge is 2.17. The Morgan fingerprint density at radius 2 is 2.22 bits per heavy atom. The second kappa shape index (κ2) is 4.78. The minimum absolute atomic E-state index is 0.0112. The lowest BCUT2D eigenvalue weighted by Gasteiger charge is -2.11. The van der Waals surface area contributed by atoms with Gasteiger partial charge in [0.1, 0.15) is 11.1 Å². The Hall–Kier alpha value is -1.88. The molecule has 1 aromatic heterocycles. The van der Waals surface area contributed by atoms with Gasteiger partial charge in [0.2, 0.25) is 0 Å². The number of esters is 1. The molecule has 6 heteroatoms. The highest BCUT2D eigenvalue weighted by molar-refractivity contribution is 6.31. The molecular weight excluding hydrogens is 259 g/mol. The van der Waals surface area contributed by atoms with Gasteiger partial charge in [-0.3, -0.25) is 4.98 Å². The zero-order chi connectivity index (χ0) is 13.3. The zero-order valence-electron chi connectivity index (χ0n) is 9.75. The summed E-state index contributed by atoms with van der Waals surface area (Å²) in [6.07, 6.45) is 1.26. The van der Waals surface area contributed by atoms with Crippen LogP contribution in [0.4, 0.5) is 10.1 Å². The fourth-order valence-electron chi connectivity index (χ4n) is 1.74. The van der Waals surface area contributed by atoms with Crippen LogP contribution in [0, 0.1) is 5.82 Å². The van der Waals surface area contributed by atoms with Crippen LogP contribution in [-0.2, 0) is 4.74 Å². The molecule has 0 amide bonds. The van der Waals surface area contributed by atoms with Crippen LogP contribution >= 0.6 is 11.6 Å². The number of carbonyl (C=O) groups excluding carboxylic acids is 1. The second-order valence-corrected chi connectivity index (χ2v) is 3.95. The Labute approximate surface area is 108 Å². The molecule has 0 bridgehead atoms. The topological polar surface area (TPSA) is 51.2 Å². The minimum Gasteiger partial charge on any atom is -0.465 e. The maximum atomic E-state index is 13.8. The number of rotatable bonds is 2. The zero-order valence-corrected chi connectivity index (χ0v) is 10.5. The van der Waals surface area contributed by atoms with E-state index < -0.39 is 11.8 Å². The number of nitrogens with zero attached hydrogens (tertiary/aromatic N) is 1. The van der Waals surface area contributed by atoms with E-state index in [1.807, 2.05) is 0 Å². The van der Waals surface area contributed by atoms with Crippen LogP contribution in [0.25, 0.3) is 10.9 Å². The van der Waals surface area contributed by atoms with E-state index in [9.17, 15) is 9.18 Å². The first kappa shape index (κ1) is 12.6. The van der Waals surface area contributed by atoms with Crippen LogP contribution in [0.1, 0.15) is 10.4 Å². The van der Waals surface area contributed by atoms with Crippen LogP contribution < -0.4 is 5.32 Å². The van der Waals surface area contributed by atoms with E-state index in [1.54, 1.807) is 13.1 Å². The van der Waals surface area contributed by atoms with Crippen molar-refractivity contribution in [3.05, 3.63) is 34.7 Å². The Balaban J connectivity index is 2.81. The van der Waals surface area contributed by atoms with E-state index in [2.05, 4.69) is 15.0 Å². The summed E-state index contributed by atoms with van der Waals surface area (Å²) in [5.41, 5.74) is 0.816. The fraction of sp³-hybridized carbons (Fsp3) is 0.167. The molecule has 0 atom stereocenters. The minimum atomic E-state index is -0.609. The van der Waals surface area contributed by atoms with Crippen LogP contribution in [0.15, 0.2) is 18.3 Å². The van der Waals surface area contributed by atoms with E-state index in [4.69, 9.17) is 11.6 Å². The summed E-state index contributed by atoms with van der Waals surface area (Å²) in [7, 11) is 2.90. The molecular formula is C12H10ClFN2O2. The van der Waals surface area contributed by atoms with Crippen molar-refractivity contribution < 1.29 is 13.9 Å². The van der Waals surface area contributed by atoms with Gasteiger partial charge in [0.25, 0.3) is 0 Å². The van der Waals surface area contributed by atoms with Crippen molar-refractivity contribution in [1.82, 2.24) is 4.98 Å². The molecule has 0 radical (unpaired) electrons. The Kier molecular flexibility index (Phi) is 3.34. The third-order valence-corrected chi connectivity index (χ3v) is 2.88. The molecule has 2 aromatic rings.